The molecule has 0 bridgehead atoms. The second-order valence-corrected chi connectivity index (χ2v) is 7.16. The Morgan fingerprint density at radius 3 is 2.40 bits per heavy atom. The van der Waals surface area contributed by atoms with Crippen LogP contribution in [0.3, 0.4) is 0 Å². The molecule has 0 heterocycles. The van der Waals surface area contributed by atoms with E-state index in [2.05, 4.69) is 0 Å². The third kappa shape index (κ3) is 5.22. The molecule has 8 heteroatoms. The van der Waals surface area contributed by atoms with Gasteiger partial charge in [0, 0.05) is 0 Å². The van der Waals surface area contributed by atoms with Crippen molar-refractivity contribution in [1.29, 1.82) is 0 Å². The highest BCUT2D eigenvalue weighted by atomic mass is 32.2. The Morgan fingerprint density at radius 1 is 1.07 bits per heavy atom. The Balaban J connectivity index is 1.93. The van der Waals surface area contributed by atoms with Crippen molar-refractivity contribution in [1.82, 2.24) is 0 Å². The van der Waals surface area contributed by atoms with Crippen LogP contribution in [0.15, 0.2) is 78.9 Å². The van der Waals surface area contributed by atoms with Gasteiger partial charge in [-0.05, 0) is 47.5 Å². The monoisotopic (exact) mass is 429 g/mol. The lowest BCUT2D eigenvalue weighted by atomic mass is 10.1. The van der Waals surface area contributed by atoms with E-state index in [-0.39, 0.29) is 5.69 Å². The number of anilines is 1. The molecule has 0 saturated carbocycles. The summed E-state index contributed by atoms with van der Waals surface area (Å²) in [6.07, 6.45) is 0. The first-order chi connectivity index (χ1) is 14.5. The normalized spacial score (nSPS) is 12.6. The third-order valence-electron chi connectivity index (χ3n) is 4.33. The summed E-state index contributed by atoms with van der Waals surface area (Å²) < 4.78 is 46.9. The second kappa shape index (κ2) is 10.00. The number of rotatable bonds is 8. The predicted molar refractivity (Wildman–Crippen MR) is 112 cm³/mol. The number of carbonyl (C=O) groups excluding carboxylic acids is 1. The molecule has 3 aromatic rings. The summed E-state index contributed by atoms with van der Waals surface area (Å²) in [4.78, 5) is 12.6. The van der Waals surface area contributed by atoms with Crippen LogP contribution in [-0.2, 0) is 27.4 Å². The molecule has 0 spiro atoms. The topological polar surface area (TPSA) is 76.1 Å². The number of nitrogens with zero attached hydrogens (tertiary/aromatic N) is 1. The molecule has 0 saturated heterocycles. The molecule has 3 aromatic carbocycles. The first kappa shape index (κ1) is 21.5. The summed E-state index contributed by atoms with van der Waals surface area (Å²) in [5, 5.41) is 0. The third-order valence-corrected chi connectivity index (χ3v) is 5.09. The molecule has 0 aromatic heterocycles. The van der Waals surface area contributed by atoms with Crippen LogP contribution in [0.1, 0.15) is 17.2 Å². The fraction of sp³-hybridized carbons (Fsp3) is 0.136. The smallest absolute Gasteiger partial charge is 0.334 e. The van der Waals surface area contributed by atoms with E-state index < -0.39 is 29.1 Å². The Bertz CT molecular complexity index is 1010. The maximum absolute atomic E-state index is 13.3. The minimum Gasteiger partial charge on any atom is -0.489 e. The van der Waals surface area contributed by atoms with Gasteiger partial charge in [-0.3, -0.25) is 8.86 Å². The lowest BCUT2D eigenvalue weighted by molar-refractivity contribution is -0.142. The summed E-state index contributed by atoms with van der Waals surface area (Å²) in [6.45, 7) is 0.320. The number of carbonyl (C=O) groups is 1. The standard InChI is InChI=1S/C22H20FNO5S/c1-28-22(25)21(24(30(26)27)19-12-10-18(23)11-13-19)17-8-5-9-20(14-17)29-15-16-6-3-2-4-7-16/h2-14,21H,15H2,1H3,(H,26,27)/t21-/m1/s1. The molecule has 6 nitrogen and oxygen atoms in total. The first-order valence-corrected chi connectivity index (χ1v) is 10.1. The molecule has 0 aliphatic rings. The minimum absolute atomic E-state index is 0.184. The van der Waals surface area contributed by atoms with Gasteiger partial charge in [-0.25, -0.2) is 13.4 Å². The molecule has 156 valence electrons. The van der Waals surface area contributed by atoms with Gasteiger partial charge in [0.1, 0.15) is 18.2 Å². The van der Waals surface area contributed by atoms with Gasteiger partial charge in [0.05, 0.1) is 12.8 Å². The molecule has 0 aliphatic carbocycles. The second-order valence-electron chi connectivity index (χ2n) is 6.31. The van der Waals surface area contributed by atoms with E-state index in [1.54, 1.807) is 24.3 Å². The van der Waals surface area contributed by atoms with Crippen molar-refractivity contribution in [3.05, 3.63) is 95.8 Å². The maximum atomic E-state index is 13.3. The van der Waals surface area contributed by atoms with E-state index in [1.165, 1.54) is 19.2 Å². The number of hydrogen-bond donors (Lipinski definition) is 1. The molecule has 0 aliphatic heterocycles. The molecule has 0 fully saturated rings. The van der Waals surface area contributed by atoms with Gasteiger partial charge in [-0.1, -0.05) is 42.5 Å². The fourth-order valence-electron chi connectivity index (χ4n) is 2.91. The molecule has 30 heavy (non-hydrogen) atoms. The Hall–Kier alpha value is -3.23. The van der Waals surface area contributed by atoms with E-state index in [9.17, 15) is 17.9 Å². The molecule has 1 unspecified atom stereocenters. The lowest BCUT2D eigenvalue weighted by Crippen LogP contribution is -2.36. The number of esters is 1. The van der Waals surface area contributed by atoms with Crippen molar-refractivity contribution in [2.24, 2.45) is 0 Å². The van der Waals surface area contributed by atoms with E-state index in [0.29, 0.717) is 17.9 Å². The Morgan fingerprint density at radius 2 is 1.77 bits per heavy atom. The number of methoxy groups -OCH3 is 1. The predicted octanol–water partition coefficient (Wildman–Crippen LogP) is 4.26. The number of hydrogen-bond acceptors (Lipinski definition) is 4. The molecular formula is C22H20FNO5S. The zero-order valence-electron chi connectivity index (χ0n) is 16.1. The van der Waals surface area contributed by atoms with Crippen LogP contribution >= 0.6 is 0 Å². The number of benzene rings is 3. The molecule has 0 radical (unpaired) electrons. The molecule has 0 amide bonds. The van der Waals surface area contributed by atoms with Crippen molar-refractivity contribution >= 4 is 22.9 Å². The highest BCUT2D eigenvalue weighted by Gasteiger charge is 2.33. The molecular weight excluding hydrogens is 409 g/mol. The molecule has 2 atom stereocenters. The van der Waals surface area contributed by atoms with Crippen LogP contribution in [-0.4, -0.2) is 21.8 Å². The maximum Gasteiger partial charge on any atom is 0.334 e. The Kier molecular flexibility index (Phi) is 7.16. The van der Waals surface area contributed by atoms with Crippen molar-refractivity contribution in [3.63, 3.8) is 0 Å². The van der Waals surface area contributed by atoms with E-state index in [0.717, 1.165) is 22.0 Å². The van der Waals surface area contributed by atoms with Gasteiger partial charge >= 0.3 is 5.97 Å². The highest BCUT2D eigenvalue weighted by Crippen LogP contribution is 2.31. The van der Waals surface area contributed by atoms with Gasteiger partial charge in [-0.15, -0.1) is 0 Å². The lowest BCUT2D eigenvalue weighted by Gasteiger charge is -2.28. The van der Waals surface area contributed by atoms with Gasteiger partial charge in [-0.2, -0.15) is 0 Å². The van der Waals surface area contributed by atoms with E-state index in [1.807, 2.05) is 30.3 Å². The minimum atomic E-state index is -2.58. The van der Waals surface area contributed by atoms with Crippen molar-refractivity contribution in [2.45, 2.75) is 12.6 Å². The first-order valence-electron chi connectivity index (χ1n) is 9.00. The van der Waals surface area contributed by atoms with Crippen molar-refractivity contribution < 1.29 is 27.4 Å². The van der Waals surface area contributed by atoms with E-state index in [4.69, 9.17) is 9.47 Å². The summed E-state index contributed by atoms with van der Waals surface area (Å²) in [6, 6.07) is 19.9. The average molecular weight is 429 g/mol. The highest BCUT2D eigenvalue weighted by molar-refractivity contribution is 7.80. The van der Waals surface area contributed by atoms with Crippen molar-refractivity contribution in [3.8, 4) is 5.75 Å². The quantitative estimate of drug-likeness (QED) is 0.428. The summed E-state index contributed by atoms with van der Waals surface area (Å²) in [5.41, 5.74) is 1.54. The number of ether oxygens (including phenoxy) is 2. The van der Waals surface area contributed by atoms with Gasteiger partial charge in [0.25, 0.3) is 11.3 Å². The fourth-order valence-corrected chi connectivity index (χ4v) is 3.60. The summed E-state index contributed by atoms with van der Waals surface area (Å²) in [7, 11) is 1.19. The Labute approximate surface area is 176 Å². The largest absolute Gasteiger partial charge is 0.489 e. The SMILES string of the molecule is COC(=O)[C@@H](c1cccc(OCc2ccccc2)c1)N(c1ccc(F)cc1)S(=O)O. The summed E-state index contributed by atoms with van der Waals surface area (Å²) in [5.74, 6) is -0.775. The van der Waals surface area contributed by atoms with Crippen LogP contribution in [0.2, 0.25) is 0 Å². The average Bonchev–Trinajstić information content (AvgIpc) is 2.77. The van der Waals surface area contributed by atoms with Crippen molar-refractivity contribution in [2.75, 3.05) is 11.4 Å². The van der Waals surface area contributed by atoms with Crippen LogP contribution in [0.25, 0.3) is 0 Å². The zero-order chi connectivity index (χ0) is 21.5. The summed E-state index contributed by atoms with van der Waals surface area (Å²) >= 11 is -2.58. The number of halogens is 1. The van der Waals surface area contributed by atoms with E-state index >= 15 is 0 Å². The van der Waals surface area contributed by atoms with Gasteiger partial charge < -0.3 is 9.47 Å². The van der Waals surface area contributed by atoms with Gasteiger partial charge in [0.2, 0.25) is 0 Å². The molecule has 1 N–H and O–H groups in total. The molecule has 3 rings (SSSR count). The van der Waals surface area contributed by atoms with Crippen LogP contribution in [0.4, 0.5) is 10.1 Å². The zero-order valence-corrected chi connectivity index (χ0v) is 16.9. The van der Waals surface area contributed by atoms with Crippen LogP contribution < -0.4 is 9.04 Å². The van der Waals surface area contributed by atoms with Crippen LogP contribution in [0, 0.1) is 5.82 Å². The van der Waals surface area contributed by atoms with Gasteiger partial charge in [0.15, 0.2) is 6.04 Å². The van der Waals surface area contributed by atoms with Crippen LogP contribution in [0.5, 0.6) is 5.75 Å².